The molecule has 8 heteroatoms. The van der Waals surface area contributed by atoms with E-state index in [0.717, 1.165) is 12.1 Å². The van der Waals surface area contributed by atoms with Gasteiger partial charge < -0.3 is 15.5 Å². The number of hydrogen-bond donors (Lipinski definition) is 2. The third-order valence-corrected chi connectivity index (χ3v) is 4.15. The largest absolute Gasteiger partial charge is 0.416 e. The van der Waals surface area contributed by atoms with Crippen LogP contribution in [0.3, 0.4) is 0 Å². The van der Waals surface area contributed by atoms with E-state index in [-0.39, 0.29) is 23.5 Å². The maximum absolute atomic E-state index is 12.9. The van der Waals surface area contributed by atoms with E-state index in [1.165, 1.54) is 18.3 Å². The highest BCUT2D eigenvalue weighted by molar-refractivity contribution is 5.99. The summed E-state index contributed by atoms with van der Waals surface area (Å²) in [7, 11) is 0. The van der Waals surface area contributed by atoms with Gasteiger partial charge in [0.1, 0.15) is 5.82 Å². The fraction of sp³-hybridized carbons (Fsp3) is 0.333. The Bertz CT molecular complexity index is 794. The lowest BCUT2D eigenvalue weighted by molar-refractivity contribution is -0.137. The lowest BCUT2D eigenvalue weighted by Gasteiger charge is -2.32. The molecule has 0 spiro atoms. The van der Waals surface area contributed by atoms with Gasteiger partial charge in [-0.1, -0.05) is 6.07 Å². The van der Waals surface area contributed by atoms with Gasteiger partial charge in [-0.05, 0) is 37.3 Å². The molecular formula is C18H19F3N4O. The van der Waals surface area contributed by atoms with Gasteiger partial charge in [-0.15, -0.1) is 0 Å². The zero-order chi connectivity index (χ0) is 18.7. The summed E-state index contributed by atoms with van der Waals surface area (Å²) >= 11 is 0. The maximum Gasteiger partial charge on any atom is 0.416 e. The van der Waals surface area contributed by atoms with E-state index in [1.807, 2.05) is 6.92 Å². The molecule has 1 unspecified atom stereocenters. The number of alkyl halides is 3. The van der Waals surface area contributed by atoms with E-state index in [2.05, 4.69) is 15.6 Å². The summed E-state index contributed by atoms with van der Waals surface area (Å²) in [5, 5.41) is 6.10. The molecule has 0 radical (unpaired) electrons. The lowest BCUT2D eigenvalue weighted by Crippen LogP contribution is -2.51. The van der Waals surface area contributed by atoms with Crippen molar-refractivity contribution < 1.29 is 18.0 Å². The number of nitrogens with zero attached hydrogens (tertiary/aromatic N) is 2. The summed E-state index contributed by atoms with van der Waals surface area (Å²) in [5.74, 6) is 0.0453. The van der Waals surface area contributed by atoms with Crippen LogP contribution >= 0.6 is 0 Å². The van der Waals surface area contributed by atoms with Crippen molar-refractivity contribution in [1.82, 2.24) is 15.2 Å². The molecule has 0 saturated carbocycles. The zero-order valence-electron chi connectivity index (χ0n) is 14.2. The minimum Gasteiger partial charge on any atom is -0.340 e. The molecule has 0 aliphatic carbocycles. The van der Waals surface area contributed by atoms with E-state index in [1.54, 1.807) is 17.0 Å². The molecular weight excluding hydrogens is 345 g/mol. The van der Waals surface area contributed by atoms with Crippen LogP contribution in [0.25, 0.3) is 0 Å². The van der Waals surface area contributed by atoms with Gasteiger partial charge in [-0.2, -0.15) is 13.2 Å². The number of amides is 1. The number of piperazine rings is 1. The predicted molar refractivity (Wildman–Crippen MR) is 92.3 cm³/mol. The summed E-state index contributed by atoms with van der Waals surface area (Å²) in [6.07, 6.45) is -2.94. The third-order valence-electron chi connectivity index (χ3n) is 4.15. The second kappa shape index (κ2) is 7.33. The van der Waals surface area contributed by atoms with Crippen LogP contribution in [-0.2, 0) is 6.18 Å². The molecule has 5 nitrogen and oxygen atoms in total. The molecule has 1 fully saturated rings. The molecule has 1 saturated heterocycles. The number of anilines is 2. The van der Waals surface area contributed by atoms with Crippen molar-refractivity contribution in [2.45, 2.75) is 19.1 Å². The molecule has 2 aromatic rings. The van der Waals surface area contributed by atoms with Crippen molar-refractivity contribution in [1.29, 1.82) is 0 Å². The molecule has 1 atom stereocenters. The summed E-state index contributed by atoms with van der Waals surface area (Å²) < 4.78 is 38.7. The van der Waals surface area contributed by atoms with Crippen LogP contribution in [0.1, 0.15) is 22.8 Å². The van der Waals surface area contributed by atoms with Gasteiger partial charge in [0.25, 0.3) is 5.91 Å². The maximum atomic E-state index is 12.9. The standard InChI is InChI=1S/C18H19F3N4O/c1-12-11-25(9-8-22-12)17(26)15-6-3-7-23-16(15)24-14-5-2-4-13(10-14)18(19,20)21/h2-7,10,12,22H,8-9,11H2,1H3,(H,23,24). The Morgan fingerprint density at radius 3 is 2.85 bits per heavy atom. The van der Waals surface area contributed by atoms with Gasteiger partial charge in [0.05, 0.1) is 11.1 Å². The van der Waals surface area contributed by atoms with Crippen LogP contribution in [0.2, 0.25) is 0 Å². The number of pyridine rings is 1. The van der Waals surface area contributed by atoms with E-state index in [4.69, 9.17) is 0 Å². The van der Waals surface area contributed by atoms with E-state index in [0.29, 0.717) is 25.2 Å². The molecule has 26 heavy (non-hydrogen) atoms. The van der Waals surface area contributed by atoms with E-state index in [9.17, 15) is 18.0 Å². The minimum atomic E-state index is -4.43. The molecule has 138 valence electrons. The number of carbonyl (C=O) groups excluding carboxylic acids is 1. The highest BCUT2D eigenvalue weighted by Crippen LogP contribution is 2.31. The van der Waals surface area contributed by atoms with Gasteiger partial charge in [0.15, 0.2) is 0 Å². The quantitative estimate of drug-likeness (QED) is 0.878. The normalized spacial score (nSPS) is 17.8. The third kappa shape index (κ3) is 4.13. The Morgan fingerprint density at radius 1 is 1.31 bits per heavy atom. The predicted octanol–water partition coefficient (Wildman–Crippen LogP) is 3.28. The second-order valence-corrected chi connectivity index (χ2v) is 6.21. The molecule has 1 aromatic carbocycles. The van der Waals surface area contributed by atoms with Gasteiger partial charge in [0.2, 0.25) is 0 Å². The van der Waals surface area contributed by atoms with Crippen LogP contribution in [0, 0.1) is 0 Å². The van der Waals surface area contributed by atoms with Crippen molar-refractivity contribution >= 4 is 17.4 Å². The van der Waals surface area contributed by atoms with Crippen molar-refractivity contribution in [3.8, 4) is 0 Å². The highest BCUT2D eigenvalue weighted by atomic mass is 19.4. The first-order chi connectivity index (χ1) is 12.3. The lowest BCUT2D eigenvalue weighted by atomic mass is 10.1. The summed E-state index contributed by atoms with van der Waals surface area (Å²) in [6.45, 7) is 3.83. The molecule has 1 aromatic heterocycles. The Kier molecular flexibility index (Phi) is 5.13. The minimum absolute atomic E-state index is 0.184. The van der Waals surface area contributed by atoms with Crippen molar-refractivity contribution in [2.75, 3.05) is 25.0 Å². The summed E-state index contributed by atoms with van der Waals surface area (Å²) in [4.78, 5) is 18.7. The zero-order valence-corrected chi connectivity index (χ0v) is 14.2. The van der Waals surface area contributed by atoms with Crippen molar-refractivity contribution in [2.24, 2.45) is 0 Å². The topological polar surface area (TPSA) is 57.3 Å². The first-order valence-corrected chi connectivity index (χ1v) is 8.26. The monoisotopic (exact) mass is 364 g/mol. The number of carbonyl (C=O) groups is 1. The fourth-order valence-electron chi connectivity index (χ4n) is 2.87. The van der Waals surface area contributed by atoms with Crippen LogP contribution in [0.4, 0.5) is 24.7 Å². The average molecular weight is 364 g/mol. The number of rotatable bonds is 3. The average Bonchev–Trinajstić information content (AvgIpc) is 2.61. The van der Waals surface area contributed by atoms with E-state index >= 15 is 0 Å². The molecule has 1 amide bonds. The molecule has 2 heterocycles. The van der Waals surface area contributed by atoms with Gasteiger partial charge in [-0.3, -0.25) is 4.79 Å². The van der Waals surface area contributed by atoms with Crippen molar-refractivity contribution in [3.63, 3.8) is 0 Å². The molecule has 2 N–H and O–H groups in total. The van der Waals surface area contributed by atoms with E-state index < -0.39 is 11.7 Å². The summed E-state index contributed by atoms with van der Waals surface area (Å²) in [6, 6.07) is 8.25. The molecule has 0 bridgehead atoms. The van der Waals surface area contributed by atoms with Crippen molar-refractivity contribution in [3.05, 3.63) is 53.7 Å². The fourth-order valence-corrected chi connectivity index (χ4v) is 2.87. The van der Waals surface area contributed by atoms with Gasteiger partial charge in [0, 0.05) is 37.6 Å². The Balaban J connectivity index is 1.85. The highest BCUT2D eigenvalue weighted by Gasteiger charge is 2.30. The second-order valence-electron chi connectivity index (χ2n) is 6.21. The number of benzene rings is 1. The molecule has 3 rings (SSSR count). The number of nitrogens with one attached hydrogen (secondary N) is 2. The Labute approximate surface area is 149 Å². The van der Waals surface area contributed by atoms with Crippen LogP contribution in [0.15, 0.2) is 42.6 Å². The Morgan fingerprint density at radius 2 is 2.12 bits per heavy atom. The number of hydrogen-bond acceptors (Lipinski definition) is 4. The van der Waals surface area contributed by atoms with Gasteiger partial charge in [-0.25, -0.2) is 4.98 Å². The summed E-state index contributed by atoms with van der Waals surface area (Å²) in [5.41, 5.74) is -0.206. The van der Waals surface area contributed by atoms with Crippen LogP contribution < -0.4 is 10.6 Å². The first-order valence-electron chi connectivity index (χ1n) is 8.26. The number of halogens is 3. The SMILES string of the molecule is CC1CN(C(=O)c2cccnc2Nc2cccc(C(F)(F)F)c2)CCN1. The first kappa shape index (κ1) is 18.2. The van der Waals surface area contributed by atoms with Crippen LogP contribution in [-0.4, -0.2) is 41.5 Å². The number of aromatic nitrogens is 1. The molecule has 1 aliphatic rings. The smallest absolute Gasteiger partial charge is 0.340 e. The molecule has 1 aliphatic heterocycles. The Hall–Kier alpha value is -2.61. The van der Waals surface area contributed by atoms with Crippen LogP contribution in [0.5, 0.6) is 0 Å². The van der Waals surface area contributed by atoms with Gasteiger partial charge >= 0.3 is 6.18 Å².